The van der Waals surface area contributed by atoms with E-state index >= 15 is 4.20 Å². The van der Waals surface area contributed by atoms with Crippen LogP contribution in [0.2, 0.25) is 0 Å². The van der Waals surface area contributed by atoms with Crippen molar-refractivity contribution >= 4 is 34.7 Å². The third-order valence-corrected chi connectivity index (χ3v) is 12.8. The Bertz CT molecular complexity index is 1410. The molecule has 4 N–H and O–H groups in total. The van der Waals surface area contributed by atoms with Gasteiger partial charge in [-0.2, -0.15) is 0 Å². The predicted molar refractivity (Wildman–Crippen MR) is 170 cm³/mol. The molecule has 0 aliphatic carbocycles. The van der Waals surface area contributed by atoms with E-state index in [-0.39, 0.29) is 6.17 Å². The molecule has 0 spiro atoms. The minimum atomic E-state index is -4.21. The zero-order valence-electron chi connectivity index (χ0n) is 23.6. The molecule has 0 fully saturated rings. The van der Waals surface area contributed by atoms with E-state index in [1.807, 2.05) is 134 Å². The maximum absolute atomic E-state index is 18.5. The minimum absolute atomic E-state index is 0.282. The van der Waals surface area contributed by atoms with E-state index in [2.05, 4.69) is 15.6 Å². The van der Waals surface area contributed by atoms with Crippen molar-refractivity contribution in [3.05, 3.63) is 121 Å². The van der Waals surface area contributed by atoms with Crippen LogP contribution in [0.3, 0.4) is 0 Å². The van der Waals surface area contributed by atoms with Crippen LogP contribution in [0.15, 0.2) is 120 Å². The summed E-state index contributed by atoms with van der Waals surface area (Å²) in [7, 11) is 3.86. The van der Waals surface area contributed by atoms with E-state index in [1.54, 1.807) is 0 Å². The first-order valence-corrected chi connectivity index (χ1v) is 16.2. The molecule has 0 amide bonds. The zero-order chi connectivity index (χ0) is 28.7. The van der Waals surface area contributed by atoms with Gasteiger partial charge in [-0.1, -0.05) is 0 Å². The van der Waals surface area contributed by atoms with Crippen LogP contribution in [-0.4, -0.2) is 43.4 Å². The number of guanidine groups is 2. The number of nitrogens with one attached hydrogen (secondary N) is 2. The van der Waals surface area contributed by atoms with Gasteiger partial charge in [0.25, 0.3) is 0 Å². The summed E-state index contributed by atoms with van der Waals surface area (Å²) in [4.78, 5) is 4.46. The standard InChI is InChI=1S/C33H37FN5OP/c1-39(2)33-37-31(36-32(35)38-33)26-20-22-27(23-21-26)40-24-12-13-25-41(34,28-14-6-3-7-15-28,29-16-8-4-9-17-29)30-18-10-5-11-19-30/h3-11,14-23,31H,12-13,24-25H2,1-2H3,(H3,35,36,37,38)/p+1. The molecular weight excluding hydrogens is 532 g/mol. The van der Waals surface area contributed by atoms with E-state index < -0.39 is 6.91 Å². The monoisotopic (exact) mass is 570 g/mol. The van der Waals surface area contributed by atoms with E-state index in [9.17, 15) is 0 Å². The maximum atomic E-state index is 18.5. The van der Waals surface area contributed by atoms with Crippen LogP contribution in [0.25, 0.3) is 0 Å². The Kier molecular flexibility index (Phi) is 8.36. The fraction of sp³-hybridized carbons (Fsp3) is 0.212. The van der Waals surface area contributed by atoms with Crippen LogP contribution in [0.4, 0.5) is 4.20 Å². The summed E-state index contributed by atoms with van der Waals surface area (Å²) in [5.41, 5.74) is 6.95. The molecule has 1 heterocycles. The molecule has 8 heteroatoms. The third kappa shape index (κ3) is 5.82. The summed E-state index contributed by atoms with van der Waals surface area (Å²) < 4.78 is 26.5. The molecule has 41 heavy (non-hydrogen) atoms. The van der Waals surface area contributed by atoms with E-state index in [0.717, 1.165) is 39.6 Å². The van der Waals surface area contributed by atoms with Gasteiger partial charge >= 0.3 is 212 Å². The average Bonchev–Trinajstić information content (AvgIpc) is 3.02. The molecule has 0 aromatic heterocycles. The van der Waals surface area contributed by atoms with Crippen molar-refractivity contribution in [2.24, 2.45) is 10.7 Å². The van der Waals surface area contributed by atoms with Crippen LogP contribution in [0.5, 0.6) is 5.75 Å². The Hall–Kier alpha value is -4.22. The fourth-order valence-corrected chi connectivity index (χ4v) is 10.3. The molecule has 0 radical (unpaired) electrons. The number of rotatable bonds is 10. The molecule has 4 aromatic carbocycles. The number of aliphatic imine (C=N–C) groups is 1. The second kappa shape index (κ2) is 12.1. The number of unbranched alkanes of at least 4 members (excludes halogenated alkanes) is 1. The second-order valence-corrected chi connectivity index (χ2v) is 14.8. The van der Waals surface area contributed by atoms with Crippen LogP contribution >= 0.6 is 6.91 Å². The van der Waals surface area contributed by atoms with Crippen molar-refractivity contribution in [2.45, 2.75) is 19.0 Å². The Labute approximate surface area is 241 Å². The van der Waals surface area contributed by atoms with Gasteiger partial charge < -0.3 is 5.73 Å². The molecule has 1 unspecified atom stereocenters. The van der Waals surface area contributed by atoms with E-state index in [4.69, 9.17) is 10.5 Å². The number of ether oxygens (including phenoxy) is 1. The first kappa shape index (κ1) is 28.3. The summed E-state index contributed by atoms with van der Waals surface area (Å²) in [5.74, 6) is 1.92. The number of benzene rings is 4. The topological polar surface area (TPSA) is 74.7 Å². The summed E-state index contributed by atoms with van der Waals surface area (Å²) in [6, 6.07) is 37.0. The third-order valence-electron chi connectivity index (χ3n) is 7.56. The van der Waals surface area contributed by atoms with E-state index in [0.29, 0.717) is 25.1 Å². The first-order valence-electron chi connectivity index (χ1n) is 13.9. The molecule has 4 aromatic rings. The second-order valence-electron chi connectivity index (χ2n) is 10.5. The van der Waals surface area contributed by atoms with Crippen molar-refractivity contribution in [1.29, 1.82) is 0 Å². The molecule has 0 saturated carbocycles. The van der Waals surface area contributed by atoms with E-state index in [1.165, 1.54) is 0 Å². The first-order chi connectivity index (χ1) is 19.9. The van der Waals surface area contributed by atoms with Crippen LogP contribution in [-0.2, 0) is 0 Å². The van der Waals surface area contributed by atoms with Gasteiger partial charge in [-0.15, -0.1) is 0 Å². The van der Waals surface area contributed by atoms with Gasteiger partial charge in [-0.05, 0) is 0 Å². The van der Waals surface area contributed by atoms with Crippen molar-refractivity contribution in [3.63, 3.8) is 0 Å². The van der Waals surface area contributed by atoms with Gasteiger partial charge in [0.15, 0.2) is 0 Å². The predicted octanol–water partition coefficient (Wildman–Crippen LogP) is 4.39. The van der Waals surface area contributed by atoms with Crippen molar-refractivity contribution < 1.29 is 13.5 Å². The Morgan fingerprint density at radius 1 is 0.780 bits per heavy atom. The summed E-state index contributed by atoms with van der Waals surface area (Å²) >= 11 is 0. The van der Waals surface area contributed by atoms with Crippen LogP contribution in [0, 0.1) is 0 Å². The van der Waals surface area contributed by atoms with Gasteiger partial charge in [0.2, 0.25) is 0 Å². The van der Waals surface area contributed by atoms with Gasteiger partial charge in [0.05, 0.1) is 14.1 Å². The summed E-state index contributed by atoms with van der Waals surface area (Å²) in [6.07, 6.45) is 1.54. The molecule has 5 rings (SSSR count). The number of halogens is 1. The molecule has 1 aliphatic heterocycles. The summed E-state index contributed by atoms with van der Waals surface area (Å²) in [5, 5.41) is 8.63. The van der Waals surface area contributed by atoms with Gasteiger partial charge in [0.1, 0.15) is 0 Å². The normalized spacial score (nSPS) is 16.0. The zero-order valence-corrected chi connectivity index (χ0v) is 24.5. The molecule has 1 aliphatic rings. The number of hydrogen-bond donors (Lipinski definition) is 3. The molecule has 1 atom stereocenters. The fourth-order valence-electron chi connectivity index (χ4n) is 5.39. The Balaban J connectivity index is 1.30. The van der Waals surface area contributed by atoms with Crippen molar-refractivity contribution in [3.8, 4) is 5.75 Å². The van der Waals surface area contributed by atoms with Gasteiger partial charge in [-0.3, -0.25) is 4.58 Å². The molecule has 6 nitrogen and oxygen atoms in total. The molecule has 212 valence electrons. The summed E-state index contributed by atoms with van der Waals surface area (Å²) in [6.45, 7) is -3.71. The Morgan fingerprint density at radius 2 is 1.29 bits per heavy atom. The molecule has 0 bridgehead atoms. The quantitative estimate of drug-likeness (QED) is 0.150. The number of nitrogens with two attached hydrogens (primary N) is 1. The Morgan fingerprint density at radius 3 is 1.78 bits per heavy atom. The van der Waals surface area contributed by atoms with Gasteiger partial charge in [0, 0.05) is 0 Å². The molecular formula is C33H38FN5OP+. The van der Waals surface area contributed by atoms with Crippen molar-refractivity contribution in [1.82, 2.24) is 10.6 Å². The number of nitrogens with zero attached hydrogens (tertiary/aromatic N) is 2. The van der Waals surface area contributed by atoms with Crippen molar-refractivity contribution in [2.75, 3.05) is 26.9 Å². The average molecular weight is 571 g/mol. The van der Waals surface area contributed by atoms with Crippen LogP contribution in [0.1, 0.15) is 24.6 Å². The SMILES string of the molecule is C[N+](C)=C1NC(N)=NC(c2ccc(OCCCCP(F)(c3ccccc3)(c3ccccc3)c3ccccc3)cc2)N1. The van der Waals surface area contributed by atoms with Crippen LogP contribution < -0.4 is 37.0 Å². The molecule has 0 saturated heterocycles. The van der Waals surface area contributed by atoms with Gasteiger partial charge in [-0.25, -0.2) is 5.32 Å². The number of hydrogen-bond acceptors (Lipinski definition) is 3.